The van der Waals surface area contributed by atoms with Crippen molar-refractivity contribution in [2.75, 3.05) is 51.4 Å². The molecule has 0 radical (unpaired) electrons. The van der Waals surface area contributed by atoms with Gasteiger partial charge in [0.15, 0.2) is 5.65 Å². The molecule has 3 heterocycles. The SMILES string of the molecule is CC(C)c1cnn2c(Nc3cccc(NC(=O)C4(C)CCC(NC(=O)/C=C/CN(C)C)CC4)c3)nc(OC3CCN(C)CC3)nc12. The highest BCUT2D eigenvalue weighted by molar-refractivity contribution is 5.95. The van der Waals surface area contributed by atoms with E-state index in [2.05, 4.69) is 46.8 Å². The number of piperidine rings is 1. The van der Waals surface area contributed by atoms with Gasteiger partial charge in [-0.05, 0) is 83.8 Å². The quantitative estimate of drug-likeness (QED) is 0.260. The van der Waals surface area contributed by atoms with Gasteiger partial charge in [-0.25, -0.2) is 0 Å². The van der Waals surface area contributed by atoms with Crippen LogP contribution in [0.2, 0.25) is 0 Å². The lowest BCUT2D eigenvalue weighted by molar-refractivity contribution is -0.126. The van der Waals surface area contributed by atoms with Crippen molar-refractivity contribution in [2.24, 2.45) is 5.41 Å². The molecule has 1 aliphatic heterocycles. The van der Waals surface area contributed by atoms with E-state index >= 15 is 0 Å². The molecule has 1 saturated carbocycles. The normalized spacial score (nSPS) is 21.3. The number of likely N-dealkylation sites (N-methyl/N-ethyl adjacent to an activating group) is 1. The van der Waals surface area contributed by atoms with E-state index in [0.717, 1.165) is 50.0 Å². The van der Waals surface area contributed by atoms with Gasteiger partial charge >= 0.3 is 6.01 Å². The van der Waals surface area contributed by atoms with Crippen LogP contribution in [0.15, 0.2) is 42.6 Å². The summed E-state index contributed by atoms with van der Waals surface area (Å²) in [6.07, 6.45) is 10.1. The van der Waals surface area contributed by atoms with Crippen molar-refractivity contribution in [3.05, 3.63) is 48.2 Å². The van der Waals surface area contributed by atoms with E-state index in [0.29, 0.717) is 42.7 Å². The Morgan fingerprint density at radius 3 is 2.52 bits per heavy atom. The van der Waals surface area contributed by atoms with Crippen molar-refractivity contribution in [2.45, 2.75) is 77.4 Å². The van der Waals surface area contributed by atoms with Crippen LogP contribution in [-0.4, -0.2) is 94.1 Å². The molecule has 3 aromatic rings. The topological polar surface area (TPSA) is 129 Å². The fourth-order valence-corrected chi connectivity index (χ4v) is 6.00. The van der Waals surface area contributed by atoms with Gasteiger partial charge in [0.25, 0.3) is 0 Å². The van der Waals surface area contributed by atoms with Crippen LogP contribution in [-0.2, 0) is 9.59 Å². The highest BCUT2D eigenvalue weighted by atomic mass is 16.5. The largest absolute Gasteiger partial charge is 0.460 e. The molecule has 0 bridgehead atoms. The molecule has 2 aromatic heterocycles. The van der Waals surface area contributed by atoms with Gasteiger partial charge in [-0.15, -0.1) is 0 Å². The Bertz CT molecular complexity index is 1530. The molecule has 0 spiro atoms. The first kappa shape index (κ1) is 33.3. The number of benzene rings is 1. The first-order valence-corrected chi connectivity index (χ1v) is 16.4. The number of nitrogens with zero attached hydrogens (tertiary/aromatic N) is 6. The van der Waals surface area contributed by atoms with E-state index in [1.54, 1.807) is 10.6 Å². The average Bonchev–Trinajstić information content (AvgIpc) is 3.44. The third-order valence-electron chi connectivity index (χ3n) is 9.03. The summed E-state index contributed by atoms with van der Waals surface area (Å²) in [6.45, 7) is 8.91. The van der Waals surface area contributed by atoms with E-state index in [1.807, 2.05) is 62.5 Å². The van der Waals surface area contributed by atoms with Gasteiger partial charge in [0, 0.05) is 54.1 Å². The van der Waals surface area contributed by atoms with Crippen LogP contribution in [0.1, 0.15) is 70.8 Å². The summed E-state index contributed by atoms with van der Waals surface area (Å²) in [6, 6.07) is 8.00. The highest BCUT2D eigenvalue weighted by Gasteiger charge is 2.38. The second-order valence-corrected chi connectivity index (χ2v) is 13.6. The number of amides is 2. The lowest BCUT2D eigenvalue weighted by Gasteiger charge is -2.36. The van der Waals surface area contributed by atoms with Crippen LogP contribution in [0.5, 0.6) is 6.01 Å². The Labute approximate surface area is 272 Å². The minimum absolute atomic E-state index is 0.0211. The molecule has 1 saturated heterocycles. The number of likely N-dealkylation sites (tertiary alicyclic amines) is 1. The lowest BCUT2D eigenvalue weighted by atomic mass is 9.73. The zero-order valence-electron chi connectivity index (χ0n) is 28.0. The van der Waals surface area contributed by atoms with Crippen LogP contribution >= 0.6 is 0 Å². The van der Waals surface area contributed by atoms with Gasteiger partial charge in [0.2, 0.25) is 17.8 Å². The summed E-state index contributed by atoms with van der Waals surface area (Å²) in [7, 11) is 6.05. The standard InChI is InChI=1S/C34H49N9O3/c1-23(2)28-22-35-43-30(28)39-33(46-27-14-19-42(6)20-15-27)40-32(43)38-26-10-7-9-25(21-26)37-31(45)34(3)16-12-24(13-17-34)36-29(44)11-8-18-41(4)5/h7-11,21-24,27H,12-20H2,1-6H3,(H,36,44)(H,37,45)(H,38,39,40)/b11-8+. The number of hydrogen-bond donors (Lipinski definition) is 3. The Morgan fingerprint density at radius 2 is 1.83 bits per heavy atom. The summed E-state index contributed by atoms with van der Waals surface area (Å²) in [5.41, 5.74) is 2.65. The van der Waals surface area contributed by atoms with Crippen molar-refractivity contribution in [3.63, 3.8) is 0 Å². The molecular formula is C34H49N9O3. The van der Waals surface area contributed by atoms with Crippen molar-refractivity contribution in [1.29, 1.82) is 0 Å². The fraction of sp³-hybridized carbons (Fsp3) is 0.559. The molecule has 5 rings (SSSR count). The molecule has 1 aromatic carbocycles. The van der Waals surface area contributed by atoms with E-state index < -0.39 is 5.41 Å². The fourth-order valence-electron chi connectivity index (χ4n) is 6.00. The summed E-state index contributed by atoms with van der Waals surface area (Å²) in [4.78, 5) is 39.6. The zero-order chi connectivity index (χ0) is 32.8. The van der Waals surface area contributed by atoms with E-state index in [9.17, 15) is 9.59 Å². The van der Waals surface area contributed by atoms with Gasteiger partial charge < -0.3 is 30.5 Å². The molecule has 1 aliphatic carbocycles. The van der Waals surface area contributed by atoms with Crippen molar-refractivity contribution >= 4 is 34.8 Å². The summed E-state index contributed by atoms with van der Waals surface area (Å²) in [5, 5.41) is 14.2. The van der Waals surface area contributed by atoms with Crippen molar-refractivity contribution < 1.29 is 14.3 Å². The predicted molar refractivity (Wildman–Crippen MR) is 181 cm³/mol. The molecule has 46 heavy (non-hydrogen) atoms. The molecular weight excluding hydrogens is 582 g/mol. The number of ether oxygens (including phenoxy) is 1. The number of hydrogen-bond acceptors (Lipinski definition) is 9. The van der Waals surface area contributed by atoms with Crippen molar-refractivity contribution in [3.8, 4) is 6.01 Å². The first-order chi connectivity index (χ1) is 22.0. The number of carbonyl (C=O) groups is 2. The van der Waals surface area contributed by atoms with Crippen LogP contribution in [0.25, 0.3) is 5.65 Å². The number of rotatable bonds is 11. The Morgan fingerprint density at radius 1 is 1.11 bits per heavy atom. The number of carbonyl (C=O) groups excluding carboxylic acids is 2. The summed E-state index contributed by atoms with van der Waals surface area (Å²) >= 11 is 0. The van der Waals surface area contributed by atoms with Gasteiger partial charge in [-0.2, -0.15) is 19.6 Å². The van der Waals surface area contributed by atoms with Crippen LogP contribution in [0.4, 0.5) is 17.3 Å². The summed E-state index contributed by atoms with van der Waals surface area (Å²) in [5.74, 6) is 0.619. The zero-order valence-corrected chi connectivity index (χ0v) is 28.0. The molecule has 12 nitrogen and oxygen atoms in total. The monoisotopic (exact) mass is 631 g/mol. The van der Waals surface area contributed by atoms with Crippen molar-refractivity contribution in [1.82, 2.24) is 34.7 Å². The van der Waals surface area contributed by atoms with E-state index in [-0.39, 0.29) is 29.9 Å². The maximum Gasteiger partial charge on any atom is 0.322 e. The van der Waals surface area contributed by atoms with Gasteiger partial charge in [-0.1, -0.05) is 32.9 Å². The first-order valence-electron chi connectivity index (χ1n) is 16.4. The summed E-state index contributed by atoms with van der Waals surface area (Å²) < 4.78 is 7.99. The van der Waals surface area contributed by atoms with E-state index in [4.69, 9.17) is 14.7 Å². The third-order valence-corrected chi connectivity index (χ3v) is 9.03. The Hall–Kier alpha value is -4.03. The maximum absolute atomic E-state index is 13.5. The van der Waals surface area contributed by atoms with Gasteiger partial charge in [0.05, 0.1) is 6.20 Å². The highest BCUT2D eigenvalue weighted by Crippen LogP contribution is 2.37. The molecule has 2 fully saturated rings. The molecule has 2 aliphatic rings. The molecule has 12 heteroatoms. The average molecular weight is 632 g/mol. The number of anilines is 3. The molecule has 248 valence electrons. The minimum Gasteiger partial charge on any atom is -0.460 e. The smallest absolute Gasteiger partial charge is 0.322 e. The Kier molecular flexibility index (Phi) is 10.6. The van der Waals surface area contributed by atoms with Crippen LogP contribution in [0, 0.1) is 5.41 Å². The second kappa shape index (κ2) is 14.6. The predicted octanol–water partition coefficient (Wildman–Crippen LogP) is 4.59. The second-order valence-electron chi connectivity index (χ2n) is 13.6. The van der Waals surface area contributed by atoms with E-state index in [1.165, 1.54) is 0 Å². The van der Waals surface area contributed by atoms with Gasteiger partial charge in [0.1, 0.15) is 6.10 Å². The number of fused-ring (bicyclic) bond motifs is 1. The maximum atomic E-state index is 13.5. The van der Waals surface area contributed by atoms with Crippen LogP contribution < -0.4 is 20.7 Å². The van der Waals surface area contributed by atoms with Gasteiger partial charge in [-0.3, -0.25) is 9.59 Å². The third kappa shape index (κ3) is 8.41. The molecule has 0 unspecified atom stereocenters. The lowest BCUT2D eigenvalue weighted by Crippen LogP contribution is -2.43. The molecule has 0 atom stereocenters. The molecule has 2 amide bonds. The minimum atomic E-state index is -0.521. The number of aromatic nitrogens is 4. The van der Waals surface area contributed by atoms with Crippen LogP contribution in [0.3, 0.4) is 0 Å². The number of nitrogens with one attached hydrogen (secondary N) is 3. The Balaban J connectivity index is 1.24. The molecule has 3 N–H and O–H groups in total.